The van der Waals surface area contributed by atoms with Gasteiger partial charge in [0.15, 0.2) is 0 Å². The van der Waals surface area contributed by atoms with Crippen LogP contribution in [0.3, 0.4) is 0 Å². The standard InChI is InChI=1S/C11H18N4/c12-10-7-13-8-11(15-10)14-9-5-3-1-2-4-6-9/h7-9H,1-6H2,(H3,12,14,15). The Hall–Kier alpha value is -1.32. The zero-order valence-electron chi connectivity index (χ0n) is 8.95. The molecule has 3 N–H and O–H groups in total. The Morgan fingerprint density at radius 3 is 2.53 bits per heavy atom. The number of rotatable bonds is 2. The molecule has 82 valence electrons. The predicted molar refractivity (Wildman–Crippen MR) is 61.6 cm³/mol. The van der Waals surface area contributed by atoms with E-state index in [0.29, 0.717) is 11.9 Å². The van der Waals surface area contributed by atoms with Gasteiger partial charge in [0.1, 0.15) is 11.6 Å². The van der Waals surface area contributed by atoms with Crippen molar-refractivity contribution in [2.24, 2.45) is 0 Å². The Morgan fingerprint density at radius 2 is 1.87 bits per heavy atom. The van der Waals surface area contributed by atoms with Gasteiger partial charge >= 0.3 is 0 Å². The van der Waals surface area contributed by atoms with Crippen LogP contribution in [0.2, 0.25) is 0 Å². The number of nitrogen functional groups attached to an aromatic ring is 1. The average Bonchev–Trinajstić information content (AvgIpc) is 2.46. The Bertz CT molecular complexity index is 305. The van der Waals surface area contributed by atoms with Crippen LogP contribution in [0, 0.1) is 0 Å². The van der Waals surface area contributed by atoms with E-state index in [1.54, 1.807) is 12.4 Å². The molecule has 4 nitrogen and oxygen atoms in total. The molecular formula is C11H18N4. The van der Waals surface area contributed by atoms with Crippen LogP contribution in [0.4, 0.5) is 11.6 Å². The normalized spacial score (nSPS) is 18.4. The topological polar surface area (TPSA) is 63.8 Å². The molecule has 0 spiro atoms. The molecule has 15 heavy (non-hydrogen) atoms. The fourth-order valence-corrected chi connectivity index (χ4v) is 2.08. The van der Waals surface area contributed by atoms with E-state index in [1.807, 2.05) is 0 Å². The monoisotopic (exact) mass is 206 g/mol. The van der Waals surface area contributed by atoms with E-state index in [-0.39, 0.29) is 0 Å². The maximum absolute atomic E-state index is 5.58. The van der Waals surface area contributed by atoms with Crippen molar-refractivity contribution in [2.45, 2.75) is 44.6 Å². The van der Waals surface area contributed by atoms with Crippen LogP contribution in [-0.4, -0.2) is 16.0 Å². The van der Waals surface area contributed by atoms with Gasteiger partial charge in [-0.3, -0.25) is 4.98 Å². The molecule has 0 aliphatic heterocycles. The highest BCUT2D eigenvalue weighted by Gasteiger charge is 2.12. The second-order valence-corrected chi connectivity index (χ2v) is 4.16. The van der Waals surface area contributed by atoms with Gasteiger partial charge in [-0.15, -0.1) is 0 Å². The number of aromatic nitrogens is 2. The number of nitrogens with one attached hydrogen (secondary N) is 1. The number of hydrogen-bond acceptors (Lipinski definition) is 4. The lowest BCUT2D eigenvalue weighted by atomic mass is 10.1. The van der Waals surface area contributed by atoms with E-state index in [9.17, 15) is 0 Å². The van der Waals surface area contributed by atoms with Gasteiger partial charge in [0.25, 0.3) is 0 Å². The third-order valence-electron chi connectivity index (χ3n) is 2.86. The van der Waals surface area contributed by atoms with Gasteiger partial charge in [-0.1, -0.05) is 25.7 Å². The molecule has 0 aromatic carbocycles. The molecule has 0 unspecified atom stereocenters. The van der Waals surface area contributed by atoms with Crippen molar-refractivity contribution in [2.75, 3.05) is 11.1 Å². The lowest BCUT2D eigenvalue weighted by molar-refractivity contribution is 0.617. The molecule has 1 aromatic rings. The summed E-state index contributed by atoms with van der Waals surface area (Å²) in [5.41, 5.74) is 5.58. The zero-order valence-corrected chi connectivity index (χ0v) is 8.95. The first-order valence-electron chi connectivity index (χ1n) is 5.68. The van der Waals surface area contributed by atoms with E-state index in [2.05, 4.69) is 15.3 Å². The van der Waals surface area contributed by atoms with Crippen LogP contribution in [0.1, 0.15) is 38.5 Å². The molecule has 0 saturated heterocycles. The molecule has 1 aromatic heterocycles. The van der Waals surface area contributed by atoms with E-state index >= 15 is 0 Å². The van der Waals surface area contributed by atoms with Crippen LogP contribution >= 0.6 is 0 Å². The lowest BCUT2D eigenvalue weighted by Crippen LogP contribution is -2.19. The first-order valence-corrected chi connectivity index (χ1v) is 5.68. The van der Waals surface area contributed by atoms with Gasteiger partial charge in [0.2, 0.25) is 0 Å². The van der Waals surface area contributed by atoms with Crippen LogP contribution in [0.5, 0.6) is 0 Å². The first kappa shape index (κ1) is 10.2. The average molecular weight is 206 g/mol. The minimum Gasteiger partial charge on any atom is -0.382 e. The van der Waals surface area contributed by atoms with Gasteiger partial charge in [0.05, 0.1) is 12.4 Å². The summed E-state index contributed by atoms with van der Waals surface area (Å²) < 4.78 is 0. The van der Waals surface area contributed by atoms with Crippen molar-refractivity contribution in [3.8, 4) is 0 Å². The molecule has 4 heteroatoms. The molecule has 1 aliphatic rings. The molecule has 0 bridgehead atoms. The van der Waals surface area contributed by atoms with Crippen LogP contribution in [0.15, 0.2) is 12.4 Å². The summed E-state index contributed by atoms with van der Waals surface area (Å²) in [7, 11) is 0. The van der Waals surface area contributed by atoms with Crippen LogP contribution in [0.25, 0.3) is 0 Å². The summed E-state index contributed by atoms with van der Waals surface area (Å²) in [6.45, 7) is 0. The summed E-state index contributed by atoms with van der Waals surface area (Å²) in [6.07, 6.45) is 11.1. The molecule has 2 rings (SSSR count). The second-order valence-electron chi connectivity index (χ2n) is 4.16. The summed E-state index contributed by atoms with van der Waals surface area (Å²) >= 11 is 0. The minimum absolute atomic E-state index is 0.480. The molecule has 1 heterocycles. The molecule has 0 radical (unpaired) electrons. The van der Waals surface area contributed by atoms with Gasteiger partial charge in [-0.2, -0.15) is 0 Å². The van der Waals surface area contributed by atoms with Crippen LogP contribution < -0.4 is 11.1 Å². The fraction of sp³-hybridized carbons (Fsp3) is 0.636. The third-order valence-corrected chi connectivity index (χ3v) is 2.86. The molecule has 0 atom stereocenters. The van der Waals surface area contributed by atoms with Gasteiger partial charge in [0, 0.05) is 6.04 Å². The zero-order chi connectivity index (χ0) is 10.5. The third kappa shape index (κ3) is 3.08. The van der Waals surface area contributed by atoms with Crippen molar-refractivity contribution in [3.05, 3.63) is 12.4 Å². The second kappa shape index (κ2) is 4.96. The van der Waals surface area contributed by atoms with E-state index in [4.69, 9.17) is 5.73 Å². The van der Waals surface area contributed by atoms with Gasteiger partial charge < -0.3 is 11.1 Å². The van der Waals surface area contributed by atoms with Crippen molar-refractivity contribution < 1.29 is 0 Å². The highest BCUT2D eigenvalue weighted by Crippen LogP contribution is 2.20. The highest BCUT2D eigenvalue weighted by molar-refractivity contribution is 5.39. The van der Waals surface area contributed by atoms with Crippen molar-refractivity contribution in [3.63, 3.8) is 0 Å². The Labute approximate surface area is 90.3 Å². The SMILES string of the molecule is Nc1cncc(NC2CCCCCC2)n1. The molecule has 1 fully saturated rings. The first-order chi connectivity index (χ1) is 7.34. The Kier molecular flexibility index (Phi) is 3.37. The molecule has 1 saturated carbocycles. The maximum Gasteiger partial charge on any atom is 0.147 e. The largest absolute Gasteiger partial charge is 0.382 e. The Morgan fingerprint density at radius 1 is 1.13 bits per heavy atom. The molecule has 1 aliphatic carbocycles. The quantitative estimate of drug-likeness (QED) is 0.728. The summed E-state index contributed by atoms with van der Waals surface area (Å²) in [5, 5.41) is 3.41. The highest BCUT2D eigenvalue weighted by atomic mass is 15.1. The predicted octanol–water partition coefficient (Wildman–Crippen LogP) is 2.19. The van der Waals surface area contributed by atoms with E-state index in [0.717, 1.165) is 5.82 Å². The summed E-state index contributed by atoms with van der Waals surface area (Å²) in [4.78, 5) is 8.23. The van der Waals surface area contributed by atoms with Crippen molar-refractivity contribution in [1.82, 2.24) is 9.97 Å². The summed E-state index contributed by atoms with van der Waals surface area (Å²) in [5.74, 6) is 1.29. The van der Waals surface area contributed by atoms with E-state index < -0.39 is 0 Å². The number of nitrogens with zero attached hydrogens (tertiary/aromatic N) is 2. The van der Waals surface area contributed by atoms with E-state index in [1.165, 1.54) is 38.5 Å². The molecule has 0 amide bonds. The smallest absolute Gasteiger partial charge is 0.147 e. The van der Waals surface area contributed by atoms with Crippen LogP contribution in [-0.2, 0) is 0 Å². The Balaban J connectivity index is 1.95. The number of nitrogens with two attached hydrogens (primary N) is 1. The van der Waals surface area contributed by atoms with Crippen molar-refractivity contribution in [1.29, 1.82) is 0 Å². The molecular weight excluding hydrogens is 188 g/mol. The fourth-order valence-electron chi connectivity index (χ4n) is 2.08. The number of anilines is 2. The minimum atomic E-state index is 0.480. The van der Waals surface area contributed by atoms with Crippen molar-refractivity contribution >= 4 is 11.6 Å². The summed E-state index contributed by atoms with van der Waals surface area (Å²) in [6, 6.07) is 0.545. The number of hydrogen-bond donors (Lipinski definition) is 2. The lowest BCUT2D eigenvalue weighted by Gasteiger charge is -2.16. The maximum atomic E-state index is 5.58. The van der Waals surface area contributed by atoms with Gasteiger partial charge in [-0.05, 0) is 12.8 Å². The van der Waals surface area contributed by atoms with Gasteiger partial charge in [-0.25, -0.2) is 4.98 Å².